The summed E-state index contributed by atoms with van der Waals surface area (Å²) in [5.74, 6) is -1.28. The molecule has 1 aliphatic heterocycles. The van der Waals surface area contributed by atoms with Crippen molar-refractivity contribution in [2.45, 2.75) is 27.3 Å². The second-order valence-corrected chi connectivity index (χ2v) is 9.94. The molecule has 0 atom stereocenters. The summed E-state index contributed by atoms with van der Waals surface area (Å²) in [5.41, 5.74) is 1.14. The van der Waals surface area contributed by atoms with Crippen molar-refractivity contribution in [2.24, 2.45) is 0 Å². The fourth-order valence-electron chi connectivity index (χ4n) is 4.80. The number of ether oxygens (including phenoxy) is 1. The summed E-state index contributed by atoms with van der Waals surface area (Å²) in [6.07, 6.45) is 0.719. The maximum Gasteiger partial charge on any atom is 0.345 e. The summed E-state index contributed by atoms with van der Waals surface area (Å²) >= 11 is 6.40. The number of carbonyl (C=O) groups excluding carboxylic acids is 2. The van der Waals surface area contributed by atoms with Crippen LogP contribution in [0, 0.1) is 5.82 Å². The number of benzene rings is 2. The number of hydrogen-bond acceptors (Lipinski definition) is 6. The third-order valence-corrected chi connectivity index (χ3v) is 6.88. The summed E-state index contributed by atoms with van der Waals surface area (Å²) in [7, 11) is 3.93. The molecule has 0 saturated carbocycles. The largest absolute Gasteiger partial charge is 0.462 e. The van der Waals surface area contributed by atoms with Crippen LogP contribution in [0.3, 0.4) is 0 Å². The average molecular weight is 559 g/mol. The Bertz CT molecular complexity index is 1380. The molecule has 39 heavy (non-hydrogen) atoms. The molecule has 2 heterocycles. The van der Waals surface area contributed by atoms with Gasteiger partial charge >= 0.3 is 5.97 Å². The van der Waals surface area contributed by atoms with Crippen LogP contribution in [0.4, 0.5) is 10.1 Å². The quantitative estimate of drug-likeness (QED) is 0.378. The number of nitrogens with zero attached hydrogens (tertiary/aromatic N) is 4. The zero-order valence-corrected chi connectivity index (χ0v) is 22.6. The molecule has 0 radical (unpaired) electrons. The lowest BCUT2D eigenvalue weighted by Gasteiger charge is -2.37. The third-order valence-electron chi connectivity index (χ3n) is 6.64. The highest BCUT2D eigenvalue weighted by Gasteiger charge is 2.30. The molecule has 3 aromatic rings. The van der Waals surface area contributed by atoms with Crippen molar-refractivity contribution >= 4 is 40.1 Å². The maximum absolute atomic E-state index is 13.8. The van der Waals surface area contributed by atoms with E-state index in [2.05, 4.69) is 0 Å². The molecule has 0 unspecified atom stereocenters. The van der Waals surface area contributed by atoms with Crippen molar-refractivity contribution in [1.29, 1.82) is 0 Å². The number of aryl methyl sites for hydroxylation is 1. The van der Waals surface area contributed by atoms with Crippen molar-refractivity contribution in [1.82, 2.24) is 14.4 Å². The Morgan fingerprint density at radius 1 is 1.05 bits per heavy atom. The number of rotatable bonds is 8. The highest BCUT2D eigenvalue weighted by Crippen LogP contribution is 2.33. The average Bonchev–Trinajstić information content (AvgIpc) is 2.89. The van der Waals surface area contributed by atoms with Gasteiger partial charge in [0.1, 0.15) is 11.4 Å². The van der Waals surface area contributed by atoms with E-state index in [1.165, 1.54) is 24.3 Å². The number of esters is 1. The van der Waals surface area contributed by atoms with Crippen LogP contribution in [0.15, 0.2) is 47.3 Å². The molecule has 1 aliphatic rings. The van der Waals surface area contributed by atoms with Gasteiger partial charge in [0.05, 0.1) is 17.8 Å². The molecule has 1 saturated heterocycles. The number of piperazine rings is 1. The first-order valence-electron chi connectivity index (χ1n) is 12.7. The number of aromatic nitrogens is 1. The minimum atomic E-state index is -0.680. The van der Waals surface area contributed by atoms with Crippen LogP contribution >= 0.6 is 11.6 Å². The smallest absolute Gasteiger partial charge is 0.345 e. The maximum atomic E-state index is 13.8. The van der Waals surface area contributed by atoms with Crippen molar-refractivity contribution in [3.05, 3.63) is 74.8 Å². The predicted octanol–water partition coefficient (Wildman–Crippen LogP) is 4.52. The van der Waals surface area contributed by atoms with E-state index in [1.54, 1.807) is 28.5 Å². The summed E-state index contributed by atoms with van der Waals surface area (Å²) in [4.78, 5) is 45.6. The van der Waals surface area contributed by atoms with Gasteiger partial charge in [0.2, 0.25) is 0 Å². The van der Waals surface area contributed by atoms with E-state index in [4.69, 9.17) is 16.3 Å². The number of anilines is 1. The molecule has 0 spiro atoms. The van der Waals surface area contributed by atoms with E-state index in [1.807, 2.05) is 30.0 Å². The van der Waals surface area contributed by atoms with Crippen molar-refractivity contribution < 1.29 is 18.7 Å². The van der Waals surface area contributed by atoms with Gasteiger partial charge in [-0.15, -0.1) is 0 Å². The molecule has 4 rings (SSSR count). The Morgan fingerprint density at radius 3 is 2.33 bits per heavy atom. The predicted molar refractivity (Wildman–Crippen MR) is 154 cm³/mol. The third kappa shape index (κ3) is 6.59. The molecular weight excluding hydrogens is 523 g/mol. The Labute approximate surface area is 233 Å². The zero-order chi connectivity index (χ0) is 27.4. The van der Waals surface area contributed by atoms with E-state index in [0.717, 1.165) is 13.0 Å². The van der Waals surface area contributed by atoms with Crippen LogP contribution in [0.5, 0.6) is 0 Å². The van der Waals surface area contributed by atoms with E-state index in [9.17, 15) is 18.8 Å². The first-order chi connectivity index (χ1) is 18.2. The van der Waals surface area contributed by atoms with Crippen molar-refractivity contribution in [3.8, 4) is 0 Å². The van der Waals surface area contributed by atoms with E-state index >= 15 is 0 Å². The number of carbonyl (C=O) groups is 2. The molecular formula is C29H36ClFN4O4. The Hall–Kier alpha value is -3.43. The monoisotopic (exact) mass is 558 g/mol. The number of hydrogen-bond donors (Lipinski definition) is 0. The fourth-order valence-corrected chi connectivity index (χ4v) is 4.98. The zero-order valence-electron chi connectivity index (χ0n) is 21.9. The van der Waals surface area contributed by atoms with Gasteiger partial charge < -0.3 is 24.0 Å². The number of amides is 1. The highest BCUT2D eigenvalue weighted by molar-refractivity contribution is 6.31. The van der Waals surface area contributed by atoms with Gasteiger partial charge in [0, 0.05) is 48.7 Å². The van der Waals surface area contributed by atoms with Crippen LogP contribution in [-0.2, 0) is 11.3 Å². The normalized spacial score (nSPS) is 13.5. The Kier molecular flexibility index (Phi) is 10.1. The van der Waals surface area contributed by atoms with Crippen LogP contribution in [-0.4, -0.2) is 79.7 Å². The Morgan fingerprint density at radius 2 is 1.72 bits per heavy atom. The molecule has 1 amide bonds. The molecule has 0 bridgehead atoms. The van der Waals surface area contributed by atoms with Gasteiger partial charge in [0.15, 0.2) is 0 Å². The van der Waals surface area contributed by atoms with E-state index in [0.29, 0.717) is 59.9 Å². The van der Waals surface area contributed by atoms with Crippen molar-refractivity contribution in [2.75, 3.05) is 58.3 Å². The van der Waals surface area contributed by atoms with Crippen LogP contribution in [0.2, 0.25) is 5.02 Å². The molecule has 1 fully saturated rings. The number of halogens is 2. The molecule has 0 aliphatic carbocycles. The fraction of sp³-hybridized carbons (Fsp3) is 0.414. The summed E-state index contributed by atoms with van der Waals surface area (Å²) in [6, 6.07) is 10.8. The molecule has 2 aromatic carbocycles. The molecule has 10 heteroatoms. The molecule has 210 valence electrons. The minimum absolute atomic E-state index is 0. The standard InChI is InChI=1S/C28H32ClFN4O4.CH4/c1-4-38-28(37)24-25(32-14-16-33(17-15-32)26(35)19-6-9-21(30)10-7-19)22-18-20(29)8-11-23(22)34(27(24)36)13-5-12-31(2)3;/h6-11,18H,4-5,12-17H2,1-3H3;1H4. The Balaban J connectivity index is 0.00000420. The van der Waals surface area contributed by atoms with Gasteiger partial charge in [-0.25, -0.2) is 9.18 Å². The first kappa shape index (κ1) is 30.1. The van der Waals surface area contributed by atoms with Gasteiger partial charge in [-0.1, -0.05) is 19.0 Å². The minimum Gasteiger partial charge on any atom is -0.462 e. The molecule has 1 aromatic heterocycles. The van der Waals surface area contributed by atoms with E-state index in [-0.39, 0.29) is 25.5 Å². The van der Waals surface area contributed by atoms with Gasteiger partial charge in [-0.05, 0) is 76.4 Å². The SMILES string of the molecule is C.CCOC(=O)c1c(N2CCN(C(=O)c3ccc(F)cc3)CC2)c2cc(Cl)ccc2n(CCCN(C)C)c1=O. The lowest BCUT2D eigenvalue weighted by molar-refractivity contribution is 0.0523. The highest BCUT2D eigenvalue weighted by atomic mass is 35.5. The number of pyridine rings is 1. The van der Waals surface area contributed by atoms with E-state index < -0.39 is 17.3 Å². The van der Waals surface area contributed by atoms with Crippen LogP contribution < -0.4 is 10.5 Å². The van der Waals surface area contributed by atoms with Crippen LogP contribution in [0.25, 0.3) is 10.9 Å². The second-order valence-electron chi connectivity index (χ2n) is 9.51. The van der Waals surface area contributed by atoms with Crippen LogP contribution in [0.1, 0.15) is 41.5 Å². The second kappa shape index (κ2) is 13.1. The molecule has 0 N–H and O–H groups in total. The van der Waals surface area contributed by atoms with Crippen molar-refractivity contribution in [3.63, 3.8) is 0 Å². The summed E-state index contributed by atoms with van der Waals surface area (Å²) in [5, 5.41) is 1.17. The lowest BCUT2D eigenvalue weighted by Crippen LogP contribution is -2.49. The van der Waals surface area contributed by atoms with Gasteiger partial charge in [0.25, 0.3) is 11.5 Å². The summed E-state index contributed by atoms with van der Waals surface area (Å²) in [6.45, 7) is 4.57. The lowest BCUT2D eigenvalue weighted by atomic mass is 10.1. The van der Waals surface area contributed by atoms with Gasteiger partial charge in [-0.3, -0.25) is 9.59 Å². The number of fused-ring (bicyclic) bond motifs is 1. The topological polar surface area (TPSA) is 75.1 Å². The first-order valence-corrected chi connectivity index (χ1v) is 13.1. The summed E-state index contributed by atoms with van der Waals surface area (Å²) < 4.78 is 20.3. The molecule has 8 nitrogen and oxygen atoms in total. The van der Waals surface area contributed by atoms with Gasteiger partial charge in [-0.2, -0.15) is 0 Å².